The smallest absolute Gasteiger partial charge is 0.338 e. The second-order valence-electron chi connectivity index (χ2n) is 8.93. The minimum atomic E-state index is -0.821. The Bertz CT molecular complexity index is 1510. The summed E-state index contributed by atoms with van der Waals surface area (Å²) in [5.74, 6) is -0.424. The molecule has 218 valence electrons. The molecule has 0 saturated carbocycles. The van der Waals surface area contributed by atoms with Crippen LogP contribution in [0.4, 0.5) is 17.1 Å². The van der Waals surface area contributed by atoms with Crippen molar-refractivity contribution in [1.29, 1.82) is 0 Å². The van der Waals surface area contributed by atoms with Crippen molar-refractivity contribution in [2.75, 3.05) is 26.1 Å². The van der Waals surface area contributed by atoms with E-state index in [2.05, 4.69) is 10.3 Å². The summed E-state index contributed by atoms with van der Waals surface area (Å²) in [6, 6.07) is 17.7. The molecule has 0 spiro atoms. The van der Waals surface area contributed by atoms with Gasteiger partial charge in [0.25, 0.3) is 5.69 Å². The van der Waals surface area contributed by atoms with E-state index in [0.717, 1.165) is 17.3 Å². The summed E-state index contributed by atoms with van der Waals surface area (Å²) in [6.45, 7) is 2.17. The van der Waals surface area contributed by atoms with Gasteiger partial charge in [-0.2, -0.15) is 0 Å². The van der Waals surface area contributed by atoms with Crippen LogP contribution in [0.15, 0.2) is 71.7 Å². The van der Waals surface area contributed by atoms with Crippen molar-refractivity contribution in [2.45, 2.75) is 25.1 Å². The van der Waals surface area contributed by atoms with Crippen LogP contribution in [0.1, 0.15) is 29.3 Å². The Morgan fingerprint density at radius 2 is 1.69 bits per heavy atom. The molecule has 0 aliphatic carbocycles. The predicted octanol–water partition coefficient (Wildman–Crippen LogP) is 4.95. The molecule has 0 bridgehead atoms. The van der Waals surface area contributed by atoms with Gasteiger partial charge < -0.3 is 19.5 Å². The first-order valence-corrected chi connectivity index (χ1v) is 13.7. The zero-order valence-corrected chi connectivity index (χ0v) is 23.9. The van der Waals surface area contributed by atoms with Gasteiger partial charge in [-0.3, -0.25) is 24.6 Å². The number of nitrogens with zero attached hydrogens (tertiary/aromatic N) is 3. The number of thioether (sulfide) groups is 1. The molecule has 3 aromatic carbocycles. The van der Waals surface area contributed by atoms with Crippen LogP contribution < -0.4 is 14.8 Å². The quantitative estimate of drug-likeness (QED) is 0.185. The van der Waals surface area contributed by atoms with Crippen molar-refractivity contribution >= 4 is 51.8 Å². The van der Waals surface area contributed by atoms with Crippen molar-refractivity contribution in [1.82, 2.24) is 4.90 Å². The van der Waals surface area contributed by atoms with E-state index in [4.69, 9.17) is 14.2 Å². The molecule has 1 atom stereocenters. The summed E-state index contributed by atoms with van der Waals surface area (Å²) in [5, 5.41) is 13.6. The lowest BCUT2D eigenvalue weighted by Crippen LogP contribution is -2.33. The number of hydrogen-bond donors (Lipinski definition) is 1. The third-order valence-corrected chi connectivity index (χ3v) is 7.34. The summed E-state index contributed by atoms with van der Waals surface area (Å²) in [4.78, 5) is 55.5. The Morgan fingerprint density at radius 1 is 1.02 bits per heavy atom. The number of esters is 1. The van der Waals surface area contributed by atoms with Crippen LogP contribution >= 0.6 is 11.8 Å². The highest BCUT2D eigenvalue weighted by molar-refractivity contribution is 8.15. The summed E-state index contributed by atoms with van der Waals surface area (Å²) in [6.07, 6.45) is -0.243. The number of aliphatic imine (C=N–C) groups is 1. The number of carbonyl (C=O) groups excluding carboxylic acids is 3. The second kappa shape index (κ2) is 13.6. The van der Waals surface area contributed by atoms with Gasteiger partial charge in [-0.15, -0.1) is 0 Å². The Kier molecular flexibility index (Phi) is 9.76. The molecule has 1 heterocycles. The third-order valence-electron chi connectivity index (χ3n) is 6.17. The molecule has 13 heteroatoms. The minimum absolute atomic E-state index is 0.00749. The fourth-order valence-electron chi connectivity index (χ4n) is 4.05. The average molecular weight is 593 g/mol. The second-order valence-corrected chi connectivity index (χ2v) is 10.1. The number of amides is 2. The molecular weight excluding hydrogens is 564 g/mol. The average Bonchev–Trinajstić information content (AvgIpc) is 3.26. The van der Waals surface area contributed by atoms with Crippen molar-refractivity contribution in [3.63, 3.8) is 0 Å². The number of amidine groups is 1. The lowest BCUT2D eigenvalue weighted by Gasteiger charge is -2.17. The summed E-state index contributed by atoms with van der Waals surface area (Å²) >= 11 is 1.12. The van der Waals surface area contributed by atoms with Crippen LogP contribution in [-0.2, 0) is 20.9 Å². The lowest BCUT2D eigenvalue weighted by molar-refractivity contribution is -0.384. The number of ether oxygens (including phenoxy) is 3. The van der Waals surface area contributed by atoms with E-state index >= 15 is 0 Å². The molecule has 4 rings (SSSR count). The molecule has 0 unspecified atom stereocenters. The van der Waals surface area contributed by atoms with Gasteiger partial charge >= 0.3 is 5.97 Å². The lowest BCUT2D eigenvalue weighted by atomic mass is 10.2. The highest BCUT2D eigenvalue weighted by Crippen LogP contribution is 2.34. The first-order chi connectivity index (χ1) is 20.2. The molecule has 1 N–H and O–H groups in total. The van der Waals surface area contributed by atoms with Gasteiger partial charge in [0, 0.05) is 6.42 Å². The molecule has 1 fully saturated rings. The Labute approximate surface area is 245 Å². The molecule has 0 aromatic heterocycles. The van der Waals surface area contributed by atoms with Gasteiger partial charge in [0.15, 0.2) is 5.17 Å². The van der Waals surface area contributed by atoms with Crippen molar-refractivity contribution in [3.05, 3.63) is 88.0 Å². The van der Waals surface area contributed by atoms with Crippen LogP contribution in [0, 0.1) is 10.1 Å². The fourth-order valence-corrected chi connectivity index (χ4v) is 5.20. The molecule has 42 heavy (non-hydrogen) atoms. The first kappa shape index (κ1) is 30.1. The number of methoxy groups -OCH3 is 2. The van der Waals surface area contributed by atoms with E-state index in [1.807, 2.05) is 12.1 Å². The molecule has 12 nitrogen and oxygen atoms in total. The van der Waals surface area contributed by atoms with Crippen molar-refractivity contribution in [3.8, 4) is 11.5 Å². The van der Waals surface area contributed by atoms with Gasteiger partial charge in [-0.25, -0.2) is 9.79 Å². The number of hydrogen-bond acceptors (Lipinski definition) is 10. The SMILES string of the molecule is CCOC(=O)c1ccc(N=C2S[C@H](CC(=O)Nc3ccc(OC)cc3[N+](=O)[O-])C(=O)N2Cc2ccc(OC)cc2)cc1. The maximum atomic E-state index is 13.5. The summed E-state index contributed by atoms with van der Waals surface area (Å²) < 4.78 is 15.3. The van der Waals surface area contributed by atoms with E-state index in [1.54, 1.807) is 50.4 Å². The van der Waals surface area contributed by atoms with Crippen molar-refractivity contribution < 1.29 is 33.5 Å². The van der Waals surface area contributed by atoms with E-state index < -0.39 is 22.0 Å². The standard InChI is InChI=1S/C29H28N4O8S/c1-4-41-28(36)19-7-9-20(10-8-19)30-29-32(17-18-5-11-21(39-2)12-6-18)27(35)25(42-29)16-26(34)31-23-14-13-22(40-3)15-24(23)33(37)38/h5-15,25H,4,16-17H2,1-3H3,(H,31,34)/t25-/m1/s1. The van der Waals surface area contributed by atoms with Crippen LogP contribution in [0.25, 0.3) is 0 Å². The minimum Gasteiger partial charge on any atom is -0.497 e. The Balaban J connectivity index is 1.56. The number of benzene rings is 3. The van der Waals surface area contributed by atoms with Crippen LogP contribution in [0.3, 0.4) is 0 Å². The third kappa shape index (κ3) is 7.23. The Hall–Kier alpha value is -4.91. The van der Waals surface area contributed by atoms with Crippen LogP contribution in [0.2, 0.25) is 0 Å². The number of nitro groups is 1. The molecule has 1 saturated heterocycles. The molecule has 2 amide bonds. The largest absolute Gasteiger partial charge is 0.497 e. The molecule has 1 aliphatic rings. The summed E-state index contributed by atoms with van der Waals surface area (Å²) in [7, 11) is 2.94. The highest BCUT2D eigenvalue weighted by Gasteiger charge is 2.39. The molecular formula is C29H28N4O8S. The molecule has 1 aliphatic heterocycles. The fraction of sp³-hybridized carbons (Fsp3) is 0.241. The normalized spacial score (nSPS) is 15.4. The van der Waals surface area contributed by atoms with E-state index in [1.165, 1.54) is 30.2 Å². The van der Waals surface area contributed by atoms with Crippen LogP contribution in [0.5, 0.6) is 11.5 Å². The van der Waals surface area contributed by atoms with Gasteiger partial charge in [0.05, 0.1) is 49.6 Å². The predicted molar refractivity (Wildman–Crippen MR) is 157 cm³/mol. The maximum Gasteiger partial charge on any atom is 0.338 e. The zero-order valence-electron chi connectivity index (χ0n) is 23.1. The maximum absolute atomic E-state index is 13.5. The van der Waals surface area contributed by atoms with Gasteiger partial charge in [0.1, 0.15) is 22.4 Å². The summed E-state index contributed by atoms with van der Waals surface area (Å²) in [5.41, 5.74) is 1.34. The number of nitrogens with one attached hydrogen (secondary N) is 1. The van der Waals surface area contributed by atoms with Gasteiger partial charge in [-0.05, 0) is 61.0 Å². The highest BCUT2D eigenvalue weighted by atomic mass is 32.2. The van der Waals surface area contributed by atoms with E-state index in [-0.39, 0.29) is 42.6 Å². The number of rotatable bonds is 11. The van der Waals surface area contributed by atoms with Gasteiger partial charge in [0.2, 0.25) is 11.8 Å². The van der Waals surface area contributed by atoms with Gasteiger partial charge in [-0.1, -0.05) is 23.9 Å². The topological polar surface area (TPSA) is 150 Å². The number of anilines is 1. The zero-order chi connectivity index (χ0) is 30.2. The first-order valence-electron chi connectivity index (χ1n) is 12.8. The number of carbonyl (C=O) groups is 3. The monoisotopic (exact) mass is 592 g/mol. The van der Waals surface area contributed by atoms with Crippen molar-refractivity contribution in [2.24, 2.45) is 4.99 Å². The van der Waals surface area contributed by atoms with E-state index in [9.17, 15) is 24.5 Å². The van der Waals surface area contributed by atoms with Crippen LogP contribution in [-0.4, -0.2) is 58.9 Å². The molecule has 3 aromatic rings. The number of nitro benzene ring substituents is 1. The molecule has 0 radical (unpaired) electrons. The Morgan fingerprint density at radius 3 is 2.31 bits per heavy atom. The van der Waals surface area contributed by atoms with E-state index in [0.29, 0.717) is 22.2 Å².